The molecule has 5 heteroatoms. The molecule has 0 aliphatic carbocycles. The summed E-state index contributed by atoms with van der Waals surface area (Å²) in [6, 6.07) is -0.767. The highest BCUT2D eigenvalue weighted by Gasteiger charge is 2.17. The monoisotopic (exact) mass is 244 g/mol. The lowest BCUT2D eigenvalue weighted by molar-refractivity contribution is -0.141. The standard InChI is InChI=1S/C12H24N2O3/c1-3-9(7-8-13)5-6-11(15)14-10(4-2)12(16)17/h9-10H,3-8,13H2,1-2H3,(H,14,15)(H,16,17). The molecule has 17 heavy (non-hydrogen) atoms. The molecule has 100 valence electrons. The van der Waals surface area contributed by atoms with Crippen molar-refractivity contribution in [1.82, 2.24) is 5.32 Å². The molecule has 1 amide bonds. The number of hydrogen-bond donors (Lipinski definition) is 3. The van der Waals surface area contributed by atoms with Gasteiger partial charge in [-0.3, -0.25) is 4.79 Å². The summed E-state index contributed by atoms with van der Waals surface area (Å²) < 4.78 is 0. The SMILES string of the molecule is CCC(CCN)CCC(=O)NC(CC)C(=O)O. The van der Waals surface area contributed by atoms with Gasteiger partial charge in [0.1, 0.15) is 6.04 Å². The van der Waals surface area contributed by atoms with E-state index in [0.29, 0.717) is 25.3 Å². The number of nitrogens with one attached hydrogen (secondary N) is 1. The van der Waals surface area contributed by atoms with Gasteiger partial charge in [-0.2, -0.15) is 0 Å². The fraction of sp³-hybridized carbons (Fsp3) is 0.833. The van der Waals surface area contributed by atoms with Crippen molar-refractivity contribution in [2.75, 3.05) is 6.54 Å². The summed E-state index contributed by atoms with van der Waals surface area (Å²) in [6.45, 7) is 4.44. The van der Waals surface area contributed by atoms with Crippen LogP contribution in [-0.4, -0.2) is 29.6 Å². The first-order valence-corrected chi connectivity index (χ1v) is 6.27. The van der Waals surface area contributed by atoms with Crippen LogP contribution in [0, 0.1) is 5.92 Å². The van der Waals surface area contributed by atoms with Crippen molar-refractivity contribution >= 4 is 11.9 Å². The van der Waals surface area contributed by atoms with Crippen LogP contribution in [0.3, 0.4) is 0 Å². The maximum atomic E-state index is 11.5. The van der Waals surface area contributed by atoms with Crippen molar-refractivity contribution < 1.29 is 14.7 Å². The van der Waals surface area contributed by atoms with Gasteiger partial charge in [-0.05, 0) is 31.7 Å². The molecule has 0 aromatic carbocycles. The number of aliphatic carboxylic acids is 1. The number of rotatable bonds is 9. The van der Waals surface area contributed by atoms with Crippen LogP contribution in [0.25, 0.3) is 0 Å². The average Bonchev–Trinajstić information content (AvgIpc) is 2.30. The van der Waals surface area contributed by atoms with Gasteiger partial charge < -0.3 is 16.2 Å². The third kappa shape index (κ3) is 6.94. The average molecular weight is 244 g/mol. The number of hydrogen-bond acceptors (Lipinski definition) is 3. The van der Waals surface area contributed by atoms with Crippen LogP contribution in [0.2, 0.25) is 0 Å². The highest BCUT2D eigenvalue weighted by Crippen LogP contribution is 2.14. The summed E-state index contributed by atoms with van der Waals surface area (Å²) in [6.07, 6.45) is 3.47. The van der Waals surface area contributed by atoms with E-state index in [-0.39, 0.29) is 5.91 Å². The number of amides is 1. The Morgan fingerprint density at radius 1 is 1.24 bits per heavy atom. The molecule has 0 heterocycles. The molecule has 4 N–H and O–H groups in total. The van der Waals surface area contributed by atoms with Gasteiger partial charge in [-0.15, -0.1) is 0 Å². The molecular formula is C12H24N2O3. The minimum Gasteiger partial charge on any atom is -0.480 e. The Balaban J connectivity index is 3.96. The van der Waals surface area contributed by atoms with Gasteiger partial charge in [0.05, 0.1) is 0 Å². The van der Waals surface area contributed by atoms with Crippen molar-refractivity contribution in [2.24, 2.45) is 11.7 Å². The molecule has 2 atom stereocenters. The second-order valence-corrected chi connectivity index (χ2v) is 4.26. The molecule has 0 aliphatic rings. The van der Waals surface area contributed by atoms with Crippen LogP contribution in [0.4, 0.5) is 0 Å². The van der Waals surface area contributed by atoms with Crippen LogP contribution >= 0.6 is 0 Å². The summed E-state index contributed by atoms with van der Waals surface area (Å²) in [5.74, 6) is -0.708. The predicted molar refractivity (Wildman–Crippen MR) is 66.5 cm³/mol. The van der Waals surface area contributed by atoms with E-state index in [1.807, 2.05) is 0 Å². The molecule has 0 saturated carbocycles. The topological polar surface area (TPSA) is 92.4 Å². The molecular weight excluding hydrogens is 220 g/mol. The first-order valence-electron chi connectivity index (χ1n) is 6.27. The van der Waals surface area contributed by atoms with Crippen LogP contribution in [-0.2, 0) is 9.59 Å². The third-order valence-corrected chi connectivity index (χ3v) is 2.97. The van der Waals surface area contributed by atoms with Gasteiger partial charge in [-0.1, -0.05) is 20.3 Å². The Kier molecular flexibility index (Phi) is 8.40. The van der Waals surface area contributed by atoms with E-state index in [1.54, 1.807) is 6.92 Å². The second-order valence-electron chi connectivity index (χ2n) is 4.26. The fourth-order valence-corrected chi connectivity index (χ4v) is 1.73. The van der Waals surface area contributed by atoms with Crippen LogP contribution in [0.5, 0.6) is 0 Å². The Morgan fingerprint density at radius 2 is 1.88 bits per heavy atom. The highest BCUT2D eigenvalue weighted by molar-refractivity contribution is 5.83. The normalized spacial score (nSPS) is 14.1. The molecule has 0 fully saturated rings. The van der Waals surface area contributed by atoms with Crippen molar-refractivity contribution in [1.29, 1.82) is 0 Å². The Labute approximate surface area is 103 Å². The van der Waals surface area contributed by atoms with Crippen LogP contribution in [0.1, 0.15) is 46.0 Å². The zero-order valence-electron chi connectivity index (χ0n) is 10.7. The summed E-state index contributed by atoms with van der Waals surface area (Å²) >= 11 is 0. The minimum atomic E-state index is -0.977. The lowest BCUT2D eigenvalue weighted by atomic mass is 9.96. The van der Waals surface area contributed by atoms with Gasteiger partial charge in [0, 0.05) is 6.42 Å². The number of carbonyl (C=O) groups excluding carboxylic acids is 1. The van der Waals surface area contributed by atoms with E-state index >= 15 is 0 Å². The molecule has 0 aromatic rings. The largest absolute Gasteiger partial charge is 0.480 e. The van der Waals surface area contributed by atoms with Crippen molar-refractivity contribution in [3.8, 4) is 0 Å². The summed E-state index contributed by atoms with van der Waals surface area (Å²) in [5.41, 5.74) is 5.48. The maximum absolute atomic E-state index is 11.5. The Bertz CT molecular complexity index is 244. The zero-order valence-corrected chi connectivity index (χ0v) is 10.7. The van der Waals surface area contributed by atoms with Crippen LogP contribution < -0.4 is 11.1 Å². The lowest BCUT2D eigenvalue weighted by Crippen LogP contribution is -2.40. The minimum absolute atomic E-state index is 0.185. The maximum Gasteiger partial charge on any atom is 0.326 e. The molecule has 0 bridgehead atoms. The quantitative estimate of drug-likeness (QED) is 0.566. The number of carboxylic acids is 1. The Morgan fingerprint density at radius 3 is 2.29 bits per heavy atom. The Hall–Kier alpha value is -1.10. The summed E-state index contributed by atoms with van der Waals surface area (Å²) in [4.78, 5) is 22.3. The first-order chi connectivity index (χ1) is 8.04. The highest BCUT2D eigenvalue weighted by atomic mass is 16.4. The second kappa shape index (κ2) is 8.98. The lowest BCUT2D eigenvalue weighted by Gasteiger charge is -2.15. The number of carboxylic acid groups (broad SMARTS) is 1. The van der Waals surface area contributed by atoms with E-state index < -0.39 is 12.0 Å². The van der Waals surface area contributed by atoms with Gasteiger partial charge in [0.15, 0.2) is 0 Å². The van der Waals surface area contributed by atoms with E-state index in [9.17, 15) is 9.59 Å². The smallest absolute Gasteiger partial charge is 0.326 e. The van der Waals surface area contributed by atoms with Gasteiger partial charge >= 0.3 is 5.97 Å². The van der Waals surface area contributed by atoms with E-state index in [2.05, 4.69) is 12.2 Å². The number of nitrogens with two attached hydrogens (primary N) is 1. The molecule has 0 saturated heterocycles. The fourth-order valence-electron chi connectivity index (χ4n) is 1.73. The van der Waals surface area contributed by atoms with Gasteiger partial charge in [-0.25, -0.2) is 4.79 Å². The molecule has 0 spiro atoms. The molecule has 5 nitrogen and oxygen atoms in total. The van der Waals surface area contributed by atoms with Crippen LogP contribution in [0.15, 0.2) is 0 Å². The summed E-state index contributed by atoms with van der Waals surface area (Å²) in [5, 5.41) is 11.3. The van der Waals surface area contributed by atoms with Gasteiger partial charge in [0.25, 0.3) is 0 Å². The van der Waals surface area contributed by atoms with E-state index in [4.69, 9.17) is 10.8 Å². The van der Waals surface area contributed by atoms with E-state index in [0.717, 1.165) is 19.3 Å². The predicted octanol–water partition coefficient (Wildman–Crippen LogP) is 1.12. The third-order valence-electron chi connectivity index (χ3n) is 2.97. The number of carbonyl (C=O) groups is 2. The molecule has 0 rings (SSSR count). The molecule has 0 aromatic heterocycles. The van der Waals surface area contributed by atoms with E-state index in [1.165, 1.54) is 0 Å². The zero-order chi connectivity index (χ0) is 13.3. The summed E-state index contributed by atoms with van der Waals surface area (Å²) in [7, 11) is 0. The van der Waals surface area contributed by atoms with Crippen molar-refractivity contribution in [3.63, 3.8) is 0 Å². The van der Waals surface area contributed by atoms with Crippen molar-refractivity contribution in [3.05, 3.63) is 0 Å². The first kappa shape index (κ1) is 15.9. The van der Waals surface area contributed by atoms with Crippen molar-refractivity contribution in [2.45, 2.75) is 52.0 Å². The van der Waals surface area contributed by atoms with Gasteiger partial charge in [0.2, 0.25) is 5.91 Å². The molecule has 2 unspecified atom stereocenters. The molecule has 0 aliphatic heterocycles. The molecule has 0 radical (unpaired) electrons.